The lowest BCUT2D eigenvalue weighted by molar-refractivity contribution is 0.673. The average molecular weight is 664 g/mol. The molecule has 0 aliphatic rings. The molecule has 9 aromatic carbocycles. The van der Waals surface area contributed by atoms with Crippen LogP contribution < -0.4 is 4.90 Å². The molecule has 2 nitrogen and oxygen atoms in total. The van der Waals surface area contributed by atoms with Gasteiger partial charge in [-0.25, -0.2) is 0 Å². The van der Waals surface area contributed by atoms with Gasteiger partial charge in [0.2, 0.25) is 0 Å². The fraction of sp³-hybridized carbons (Fsp3) is 0. The van der Waals surface area contributed by atoms with Crippen molar-refractivity contribution in [1.29, 1.82) is 0 Å². The first-order chi connectivity index (χ1) is 25.8. The van der Waals surface area contributed by atoms with E-state index in [1.54, 1.807) is 0 Å². The normalized spacial score (nSPS) is 11.5. The number of benzene rings is 9. The third-order valence-corrected chi connectivity index (χ3v) is 10.3. The zero-order chi connectivity index (χ0) is 34.4. The molecule has 0 amide bonds. The Bertz CT molecular complexity index is 2880. The molecule has 10 aromatic rings. The summed E-state index contributed by atoms with van der Waals surface area (Å²) in [6, 6.07) is 71.6. The van der Waals surface area contributed by atoms with Crippen molar-refractivity contribution in [3.05, 3.63) is 200 Å². The summed E-state index contributed by atoms with van der Waals surface area (Å²) in [6.45, 7) is 0. The van der Waals surface area contributed by atoms with Crippen LogP contribution in [0.1, 0.15) is 0 Å². The lowest BCUT2D eigenvalue weighted by Gasteiger charge is -2.29. The first-order valence-electron chi connectivity index (χ1n) is 17.8. The van der Waals surface area contributed by atoms with Crippen LogP contribution in [0.3, 0.4) is 0 Å². The highest BCUT2D eigenvalue weighted by atomic mass is 16.3. The quantitative estimate of drug-likeness (QED) is 0.176. The van der Waals surface area contributed by atoms with Gasteiger partial charge in [0.15, 0.2) is 0 Å². The Morgan fingerprint density at radius 1 is 0.346 bits per heavy atom. The summed E-state index contributed by atoms with van der Waals surface area (Å²) in [5.41, 5.74) is 12.2. The number of nitrogens with zero attached hydrogens (tertiary/aromatic N) is 1. The van der Waals surface area contributed by atoms with Gasteiger partial charge in [-0.2, -0.15) is 0 Å². The third kappa shape index (κ3) is 4.96. The number of anilines is 3. The summed E-state index contributed by atoms with van der Waals surface area (Å²) in [4.78, 5) is 2.42. The van der Waals surface area contributed by atoms with Gasteiger partial charge >= 0.3 is 0 Å². The highest BCUT2D eigenvalue weighted by Crippen LogP contribution is 2.48. The maximum absolute atomic E-state index is 6.81. The van der Waals surface area contributed by atoms with E-state index in [9.17, 15) is 0 Å². The number of fused-ring (bicyclic) bond motifs is 6. The van der Waals surface area contributed by atoms with Crippen molar-refractivity contribution in [2.75, 3.05) is 4.90 Å². The molecule has 0 N–H and O–H groups in total. The van der Waals surface area contributed by atoms with Crippen molar-refractivity contribution in [1.82, 2.24) is 0 Å². The van der Waals surface area contributed by atoms with Crippen LogP contribution >= 0.6 is 0 Å². The lowest BCUT2D eigenvalue weighted by Crippen LogP contribution is -2.11. The van der Waals surface area contributed by atoms with Crippen LogP contribution in [0.15, 0.2) is 205 Å². The Balaban J connectivity index is 1.24. The topological polar surface area (TPSA) is 16.4 Å². The number of furan rings is 1. The maximum Gasteiger partial charge on any atom is 0.143 e. The molecule has 0 spiro atoms. The Labute approximate surface area is 302 Å². The van der Waals surface area contributed by atoms with Gasteiger partial charge in [-0.3, -0.25) is 0 Å². The van der Waals surface area contributed by atoms with E-state index in [0.29, 0.717) is 0 Å². The minimum atomic E-state index is 0.882. The largest absolute Gasteiger partial charge is 0.455 e. The van der Waals surface area contributed by atoms with Gasteiger partial charge in [0.1, 0.15) is 11.2 Å². The SMILES string of the molecule is c1ccc(-c2ccc(-c3ccccc3N(c3ccccc3)c3cc4c(oc5cccc(-c6cccc7ccccc67)c54)c4ccccc34)cc2)cc1. The Morgan fingerprint density at radius 3 is 1.75 bits per heavy atom. The zero-order valence-electron chi connectivity index (χ0n) is 28.4. The molecule has 10 rings (SSSR count). The Hall–Kier alpha value is -6.90. The van der Waals surface area contributed by atoms with Crippen LogP contribution in [0.25, 0.3) is 76.9 Å². The van der Waals surface area contributed by atoms with Crippen molar-refractivity contribution in [2.45, 2.75) is 0 Å². The molecule has 0 aliphatic heterocycles. The number of para-hydroxylation sites is 2. The second kappa shape index (κ2) is 12.5. The fourth-order valence-electron chi connectivity index (χ4n) is 7.87. The standard InChI is InChI=1S/C50H33NO/c1-3-15-34(16-4-1)35-29-31-37(32-30-35)40-22-11-12-27-46(40)51(38-19-5-2-6-20-38)47-33-45-49-43(41-25-13-18-36-17-7-8-21-39(36)41)26-14-28-48(49)52-50(45)44-24-10-9-23-42(44)47/h1-33H. The van der Waals surface area contributed by atoms with Crippen LogP contribution in [-0.2, 0) is 0 Å². The van der Waals surface area contributed by atoms with Crippen molar-refractivity contribution >= 4 is 60.5 Å². The number of rotatable bonds is 6. The molecular formula is C50H33NO. The molecule has 244 valence electrons. The van der Waals surface area contributed by atoms with Gasteiger partial charge < -0.3 is 9.32 Å². The molecule has 0 fully saturated rings. The van der Waals surface area contributed by atoms with E-state index < -0.39 is 0 Å². The van der Waals surface area contributed by atoms with Gasteiger partial charge in [-0.1, -0.05) is 170 Å². The second-order valence-electron chi connectivity index (χ2n) is 13.3. The van der Waals surface area contributed by atoms with E-state index in [1.165, 1.54) is 33.0 Å². The Kier molecular flexibility index (Phi) is 7.18. The first-order valence-corrected chi connectivity index (χ1v) is 17.8. The summed E-state index contributed by atoms with van der Waals surface area (Å²) in [7, 11) is 0. The smallest absolute Gasteiger partial charge is 0.143 e. The van der Waals surface area contributed by atoms with Crippen molar-refractivity contribution in [3.8, 4) is 33.4 Å². The molecule has 0 saturated heterocycles. The molecule has 0 aliphatic carbocycles. The number of hydrogen-bond donors (Lipinski definition) is 0. The van der Waals surface area contributed by atoms with Gasteiger partial charge in [-0.15, -0.1) is 0 Å². The van der Waals surface area contributed by atoms with Crippen molar-refractivity contribution in [2.24, 2.45) is 0 Å². The summed E-state index contributed by atoms with van der Waals surface area (Å²) in [5, 5.41) is 6.88. The minimum Gasteiger partial charge on any atom is -0.455 e. The monoisotopic (exact) mass is 663 g/mol. The second-order valence-corrected chi connectivity index (χ2v) is 13.3. The molecule has 2 heteroatoms. The molecule has 52 heavy (non-hydrogen) atoms. The van der Waals surface area contributed by atoms with Crippen molar-refractivity contribution < 1.29 is 4.42 Å². The van der Waals surface area contributed by atoms with Gasteiger partial charge in [-0.05, 0) is 68.9 Å². The third-order valence-electron chi connectivity index (χ3n) is 10.3. The summed E-state index contributed by atoms with van der Waals surface area (Å²) in [5.74, 6) is 0. The van der Waals surface area contributed by atoms with E-state index in [1.807, 2.05) is 0 Å². The van der Waals surface area contributed by atoms with E-state index >= 15 is 0 Å². The van der Waals surface area contributed by atoms with Crippen LogP contribution in [0.2, 0.25) is 0 Å². The predicted molar refractivity (Wildman–Crippen MR) is 220 cm³/mol. The zero-order valence-corrected chi connectivity index (χ0v) is 28.4. The maximum atomic E-state index is 6.81. The van der Waals surface area contributed by atoms with E-state index in [2.05, 4.69) is 205 Å². The molecule has 0 radical (unpaired) electrons. The molecule has 0 unspecified atom stereocenters. The molecule has 0 atom stereocenters. The van der Waals surface area contributed by atoms with Gasteiger partial charge in [0.25, 0.3) is 0 Å². The van der Waals surface area contributed by atoms with Crippen molar-refractivity contribution in [3.63, 3.8) is 0 Å². The fourth-order valence-corrected chi connectivity index (χ4v) is 7.87. The van der Waals surface area contributed by atoms with E-state index in [-0.39, 0.29) is 0 Å². The molecule has 0 saturated carbocycles. The van der Waals surface area contributed by atoms with Crippen LogP contribution in [-0.4, -0.2) is 0 Å². The summed E-state index contributed by atoms with van der Waals surface area (Å²) >= 11 is 0. The van der Waals surface area contributed by atoms with Crippen LogP contribution in [0, 0.1) is 0 Å². The molecular weight excluding hydrogens is 631 g/mol. The highest BCUT2D eigenvalue weighted by Gasteiger charge is 2.23. The average Bonchev–Trinajstić information content (AvgIpc) is 3.61. The van der Waals surface area contributed by atoms with Gasteiger partial charge in [0.05, 0.1) is 11.4 Å². The molecule has 0 bridgehead atoms. The van der Waals surface area contributed by atoms with Crippen LogP contribution in [0.5, 0.6) is 0 Å². The summed E-state index contributed by atoms with van der Waals surface area (Å²) in [6.07, 6.45) is 0. The Morgan fingerprint density at radius 2 is 0.923 bits per heavy atom. The molecule has 1 heterocycles. The van der Waals surface area contributed by atoms with E-state index in [4.69, 9.17) is 4.42 Å². The minimum absolute atomic E-state index is 0.882. The number of hydrogen-bond acceptors (Lipinski definition) is 2. The lowest BCUT2D eigenvalue weighted by atomic mass is 9.93. The first kappa shape index (κ1) is 30.0. The van der Waals surface area contributed by atoms with E-state index in [0.717, 1.165) is 60.9 Å². The predicted octanol–water partition coefficient (Wildman–Crippen LogP) is 14.4. The van der Waals surface area contributed by atoms with Crippen LogP contribution in [0.4, 0.5) is 17.1 Å². The summed E-state index contributed by atoms with van der Waals surface area (Å²) < 4.78 is 6.81. The molecule has 1 aromatic heterocycles. The highest BCUT2D eigenvalue weighted by molar-refractivity contribution is 6.23. The van der Waals surface area contributed by atoms with Gasteiger partial charge in [0, 0.05) is 32.8 Å².